The predicted molar refractivity (Wildman–Crippen MR) is 120 cm³/mol. The first-order chi connectivity index (χ1) is 14.3. The molecule has 0 saturated carbocycles. The van der Waals surface area contributed by atoms with Crippen molar-refractivity contribution in [3.63, 3.8) is 0 Å². The molecular weight excluding hydrogens is 444 g/mol. The zero-order chi connectivity index (χ0) is 21.7. The number of thiophene rings is 1. The van der Waals surface area contributed by atoms with E-state index in [1.165, 1.54) is 18.2 Å². The van der Waals surface area contributed by atoms with Crippen LogP contribution in [0.15, 0.2) is 58.8 Å². The zero-order valence-electron chi connectivity index (χ0n) is 16.4. The Kier molecular flexibility index (Phi) is 7.02. The van der Waals surface area contributed by atoms with Crippen LogP contribution in [0.2, 0.25) is 5.02 Å². The molecule has 2 aromatic carbocycles. The molecule has 1 heterocycles. The van der Waals surface area contributed by atoms with Gasteiger partial charge in [0.25, 0.3) is 15.9 Å². The van der Waals surface area contributed by atoms with Gasteiger partial charge >= 0.3 is 0 Å². The van der Waals surface area contributed by atoms with Crippen molar-refractivity contribution in [2.24, 2.45) is 0 Å². The maximum Gasteiger partial charge on any atom is 0.261 e. The monoisotopic (exact) mass is 464 g/mol. The van der Waals surface area contributed by atoms with Crippen LogP contribution in [-0.4, -0.2) is 20.9 Å². The molecule has 0 aliphatic heterocycles. The number of carbonyl (C=O) groups is 1. The quantitative estimate of drug-likeness (QED) is 0.499. The minimum Gasteiger partial charge on any atom is -0.494 e. The molecule has 0 aliphatic carbocycles. The number of benzene rings is 2. The zero-order valence-corrected chi connectivity index (χ0v) is 18.8. The van der Waals surface area contributed by atoms with Crippen LogP contribution >= 0.6 is 22.9 Å². The minimum atomic E-state index is -3.90. The van der Waals surface area contributed by atoms with Crippen LogP contribution in [0.4, 0.5) is 5.69 Å². The lowest BCUT2D eigenvalue weighted by atomic mass is 10.2. The van der Waals surface area contributed by atoms with E-state index in [-0.39, 0.29) is 15.5 Å². The highest BCUT2D eigenvalue weighted by Crippen LogP contribution is 2.24. The molecule has 1 amide bonds. The van der Waals surface area contributed by atoms with Crippen molar-refractivity contribution in [1.82, 2.24) is 5.32 Å². The molecule has 0 aliphatic rings. The Morgan fingerprint density at radius 1 is 1.13 bits per heavy atom. The van der Waals surface area contributed by atoms with Crippen molar-refractivity contribution >= 4 is 44.6 Å². The van der Waals surface area contributed by atoms with E-state index in [1.54, 1.807) is 35.6 Å². The average molecular weight is 465 g/mol. The molecule has 0 radical (unpaired) electrons. The average Bonchev–Trinajstić information content (AvgIpc) is 3.12. The highest BCUT2D eigenvalue weighted by atomic mass is 35.5. The van der Waals surface area contributed by atoms with Crippen LogP contribution in [0.25, 0.3) is 0 Å². The van der Waals surface area contributed by atoms with Gasteiger partial charge in [0, 0.05) is 10.6 Å². The first-order valence-electron chi connectivity index (χ1n) is 9.16. The van der Waals surface area contributed by atoms with Gasteiger partial charge in [-0.15, -0.1) is 11.3 Å². The molecule has 0 atom stereocenters. The molecule has 3 rings (SSSR count). The maximum absolute atomic E-state index is 12.8. The molecule has 9 heteroatoms. The summed E-state index contributed by atoms with van der Waals surface area (Å²) < 4.78 is 33.4. The molecule has 0 unspecified atom stereocenters. The summed E-state index contributed by atoms with van der Waals surface area (Å²) in [6.07, 6.45) is 0. The van der Waals surface area contributed by atoms with Crippen molar-refractivity contribution in [3.05, 3.63) is 74.9 Å². The highest BCUT2D eigenvalue weighted by Gasteiger charge is 2.19. The second-order valence-electron chi connectivity index (χ2n) is 6.41. The number of ether oxygens (including phenoxy) is 1. The smallest absolute Gasteiger partial charge is 0.261 e. The number of anilines is 1. The van der Waals surface area contributed by atoms with Gasteiger partial charge in [-0.05, 0) is 73.3 Å². The van der Waals surface area contributed by atoms with Crippen molar-refractivity contribution in [2.45, 2.75) is 25.3 Å². The van der Waals surface area contributed by atoms with Crippen molar-refractivity contribution < 1.29 is 17.9 Å². The SMILES string of the molecule is CCOc1ccc(NS(=O)(=O)c2ccc(Cl)c(C(=O)NCc3sccc3C)c2)cc1. The normalized spacial score (nSPS) is 11.2. The Morgan fingerprint density at radius 2 is 1.87 bits per heavy atom. The molecule has 0 spiro atoms. The number of rotatable bonds is 8. The van der Waals surface area contributed by atoms with Gasteiger partial charge in [-0.1, -0.05) is 11.6 Å². The summed E-state index contributed by atoms with van der Waals surface area (Å²) in [6.45, 7) is 4.70. The topological polar surface area (TPSA) is 84.5 Å². The second kappa shape index (κ2) is 9.51. The Bertz CT molecular complexity index is 1140. The van der Waals surface area contributed by atoms with E-state index < -0.39 is 15.9 Å². The standard InChI is InChI=1S/C21H21ClN2O4S2/c1-3-28-16-6-4-15(5-7-16)24-30(26,27)17-8-9-19(22)18(12-17)21(25)23-13-20-14(2)10-11-29-20/h4-12,24H,3,13H2,1-2H3,(H,23,25). The first kappa shape index (κ1) is 22.1. The lowest BCUT2D eigenvalue weighted by Crippen LogP contribution is -2.23. The maximum atomic E-state index is 12.8. The fourth-order valence-corrected chi connectivity index (χ4v) is 4.82. The van der Waals surface area contributed by atoms with E-state index in [9.17, 15) is 13.2 Å². The fourth-order valence-electron chi connectivity index (χ4n) is 2.69. The number of hydrogen-bond donors (Lipinski definition) is 2. The Labute approximate surface area is 184 Å². The molecule has 0 bridgehead atoms. The number of amides is 1. The van der Waals surface area contributed by atoms with E-state index in [0.29, 0.717) is 24.6 Å². The fraction of sp³-hybridized carbons (Fsp3) is 0.190. The van der Waals surface area contributed by atoms with E-state index >= 15 is 0 Å². The summed E-state index contributed by atoms with van der Waals surface area (Å²) in [6, 6.07) is 12.6. The van der Waals surface area contributed by atoms with Crippen LogP contribution in [0.1, 0.15) is 27.7 Å². The highest BCUT2D eigenvalue weighted by molar-refractivity contribution is 7.92. The molecule has 0 saturated heterocycles. The van der Waals surface area contributed by atoms with Crippen LogP contribution in [-0.2, 0) is 16.6 Å². The molecule has 158 valence electrons. The van der Waals surface area contributed by atoms with Gasteiger partial charge in [0.15, 0.2) is 0 Å². The van der Waals surface area contributed by atoms with Gasteiger partial charge in [-0.25, -0.2) is 8.42 Å². The molecule has 0 fully saturated rings. The third kappa shape index (κ3) is 5.33. The summed E-state index contributed by atoms with van der Waals surface area (Å²) in [5.41, 5.74) is 1.57. The summed E-state index contributed by atoms with van der Waals surface area (Å²) >= 11 is 7.69. The number of halogens is 1. The first-order valence-corrected chi connectivity index (χ1v) is 11.9. The van der Waals surface area contributed by atoms with E-state index in [2.05, 4.69) is 10.0 Å². The number of carbonyl (C=O) groups excluding carboxylic acids is 1. The van der Waals surface area contributed by atoms with E-state index in [4.69, 9.17) is 16.3 Å². The predicted octanol–water partition coefficient (Wildman–Crippen LogP) is 4.84. The van der Waals surface area contributed by atoms with Gasteiger partial charge in [-0.2, -0.15) is 0 Å². The molecule has 1 aromatic heterocycles. The third-order valence-electron chi connectivity index (χ3n) is 4.29. The van der Waals surface area contributed by atoms with Gasteiger partial charge in [0.2, 0.25) is 0 Å². The largest absolute Gasteiger partial charge is 0.494 e. The van der Waals surface area contributed by atoms with Crippen LogP contribution in [0.5, 0.6) is 5.75 Å². The molecule has 2 N–H and O–H groups in total. The van der Waals surface area contributed by atoms with Crippen LogP contribution < -0.4 is 14.8 Å². The number of aryl methyl sites for hydroxylation is 1. The molecule has 6 nitrogen and oxygen atoms in total. The van der Waals surface area contributed by atoms with Gasteiger partial charge in [0.05, 0.1) is 28.6 Å². The van der Waals surface area contributed by atoms with Crippen LogP contribution in [0, 0.1) is 6.92 Å². The summed E-state index contributed by atoms with van der Waals surface area (Å²) in [5.74, 6) is 0.206. The van der Waals surface area contributed by atoms with Gasteiger partial charge in [0.1, 0.15) is 5.75 Å². The van der Waals surface area contributed by atoms with E-state index in [0.717, 1.165) is 10.4 Å². The Morgan fingerprint density at radius 3 is 2.50 bits per heavy atom. The molecular formula is C21H21ClN2O4S2. The number of sulfonamides is 1. The number of hydrogen-bond acceptors (Lipinski definition) is 5. The summed E-state index contributed by atoms with van der Waals surface area (Å²) in [5, 5.41) is 4.91. The van der Waals surface area contributed by atoms with Crippen molar-refractivity contribution in [3.8, 4) is 5.75 Å². The summed E-state index contributed by atoms with van der Waals surface area (Å²) in [4.78, 5) is 13.6. The Balaban J connectivity index is 1.77. The van der Waals surface area contributed by atoms with Gasteiger partial charge < -0.3 is 10.1 Å². The van der Waals surface area contributed by atoms with E-state index in [1.807, 2.05) is 25.3 Å². The summed E-state index contributed by atoms with van der Waals surface area (Å²) in [7, 11) is -3.90. The molecule has 30 heavy (non-hydrogen) atoms. The van der Waals surface area contributed by atoms with Crippen molar-refractivity contribution in [2.75, 3.05) is 11.3 Å². The number of nitrogens with one attached hydrogen (secondary N) is 2. The van der Waals surface area contributed by atoms with Crippen LogP contribution in [0.3, 0.4) is 0 Å². The lowest BCUT2D eigenvalue weighted by Gasteiger charge is -2.12. The second-order valence-corrected chi connectivity index (χ2v) is 9.50. The third-order valence-corrected chi connectivity index (χ3v) is 7.02. The Hall–Kier alpha value is -2.55. The minimum absolute atomic E-state index is 0.0572. The molecule has 3 aromatic rings. The van der Waals surface area contributed by atoms with Crippen molar-refractivity contribution in [1.29, 1.82) is 0 Å². The van der Waals surface area contributed by atoms with Gasteiger partial charge in [-0.3, -0.25) is 9.52 Å². The lowest BCUT2D eigenvalue weighted by molar-refractivity contribution is 0.0951.